The van der Waals surface area contributed by atoms with Crippen LogP contribution in [0, 0.1) is 0 Å². The van der Waals surface area contributed by atoms with Crippen LogP contribution in [0.3, 0.4) is 0 Å². The molecular weight excluding hydrogens is 224 g/mol. The van der Waals surface area contributed by atoms with Gasteiger partial charge in [-0.05, 0) is 38.5 Å². The highest BCUT2D eigenvalue weighted by molar-refractivity contribution is 5.28. The summed E-state index contributed by atoms with van der Waals surface area (Å²) in [5, 5.41) is 3.42. The molecule has 0 unspecified atom stereocenters. The van der Waals surface area contributed by atoms with Crippen LogP contribution >= 0.6 is 0 Å². The first-order valence-corrected chi connectivity index (χ1v) is 6.85. The van der Waals surface area contributed by atoms with Crippen molar-refractivity contribution in [1.29, 1.82) is 0 Å². The minimum atomic E-state index is 0.235. The van der Waals surface area contributed by atoms with E-state index in [4.69, 9.17) is 4.74 Å². The van der Waals surface area contributed by atoms with E-state index in [0.29, 0.717) is 6.04 Å². The Balaban J connectivity index is 1.99. The van der Waals surface area contributed by atoms with Gasteiger partial charge in [0.25, 0.3) is 0 Å². The average molecular weight is 248 g/mol. The van der Waals surface area contributed by atoms with Gasteiger partial charge in [0.1, 0.15) is 5.75 Å². The number of nitrogens with one attached hydrogen (secondary N) is 1. The number of rotatable bonds is 4. The summed E-state index contributed by atoms with van der Waals surface area (Å²) >= 11 is 0. The molecule has 0 radical (unpaired) electrons. The maximum Gasteiger partial charge on any atom is 0.120 e. The van der Waals surface area contributed by atoms with Crippen LogP contribution in [0.2, 0.25) is 0 Å². The lowest BCUT2D eigenvalue weighted by molar-refractivity contribution is 0.165. The smallest absolute Gasteiger partial charge is 0.120 e. The zero-order valence-corrected chi connectivity index (χ0v) is 11.6. The Labute approximate surface area is 110 Å². The van der Waals surface area contributed by atoms with Gasteiger partial charge in [-0.15, -0.1) is 0 Å². The summed E-state index contributed by atoms with van der Waals surface area (Å²) in [6.45, 7) is 10.7. The van der Waals surface area contributed by atoms with Gasteiger partial charge in [-0.3, -0.25) is 4.90 Å². The molecule has 18 heavy (non-hydrogen) atoms. The fourth-order valence-electron chi connectivity index (χ4n) is 2.34. The Morgan fingerprint density at radius 1 is 1.44 bits per heavy atom. The largest absolute Gasteiger partial charge is 0.491 e. The van der Waals surface area contributed by atoms with E-state index in [1.165, 1.54) is 5.56 Å². The second-order valence-corrected chi connectivity index (χ2v) is 5.34. The molecule has 0 aliphatic carbocycles. The van der Waals surface area contributed by atoms with Gasteiger partial charge in [0.05, 0.1) is 6.10 Å². The van der Waals surface area contributed by atoms with E-state index in [1.807, 2.05) is 6.07 Å². The molecule has 0 spiro atoms. The van der Waals surface area contributed by atoms with Crippen LogP contribution < -0.4 is 10.1 Å². The average Bonchev–Trinajstić information content (AvgIpc) is 2.32. The molecule has 2 rings (SSSR count). The Kier molecular flexibility index (Phi) is 4.61. The molecule has 1 aromatic carbocycles. The second kappa shape index (κ2) is 6.21. The third-order valence-electron chi connectivity index (χ3n) is 3.29. The molecular formula is C15H24N2O. The number of piperazine rings is 1. The number of benzene rings is 1. The van der Waals surface area contributed by atoms with Gasteiger partial charge in [0.2, 0.25) is 0 Å². The predicted molar refractivity (Wildman–Crippen MR) is 74.9 cm³/mol. The van der Waals surface area contributed by atoms with E-state index in [9.17, 15) is 0 Å². The van der Waals surface area contributed by atoms with Gasteiger partial charge in [0, 0.05) is 32.2 Å². The number of ether oxygens (including phenoxy) is 1. The molecule has 1 aliphatic heterocycles. The zero-order valence-electron chi connectivity index (χ0n) is 11.6. The van der Waals surface area contributed by atoms with E-state index >= 15 is 0 Å². The summed E-state index contributed by atoms with van der Waals surface area (Å²) in [6.07, 6.45) is 0.235. The van der Waals surface area contributed by atoms with Crippen LogP contribution in [0.25, 0.3) is 0 Å². The molecule has 3 nitrogen and oxygen atoms in total. The predicted octanol–water partition coefficient (Wildman–Crippen LogP) is 2.27. The minimum absolute atomic E-state index is 0.235. The summed E-state index contributed by atoms with van der Waals surface area (Å²) in [5.41, 5.74) is 1.34. The van der Waals surface area contributed by atoms with Gasteiger partial charge >= 0.3 is 0 Å². The molecule has 100 valence electrons. The summed E-state index contributed by atoms with van der Waals surface area (Å²) in [4.78, 5) is 2.52. The molecule has 0 bridgehead atoms. The monoisotopic (exact) mass is 248 g/mol. The molecule has 1 aromatic rings. The van der Waals surface area contributed by atoms with Crippen molar-refractivity contribution >= 4 is 0 Å². The third-order valence-corrected chi connectivity index (χ3v) is 3.29. The molecule has 3 heteroatoms. The molecule has 1 atom stereocenters. The maximum absolute atomic E-state index is 5.74. The molecule has 1 saturated heterocycles. The van der Waals surface area contributed by atoms with Crippen LogP contribution in [0.1, 0.15) is 26.3 Å². The van der Waals surface area contributed by atoms with Crippen molar-refractivity contribution in [3.05, 3.63) is 29.8 Å². The molecule has 1 N–H and O–H groups in total. The van der Waals surface area contributed by atoms with Gasteiger partial charge < -0.3 is 10.1 Å². The minimum Gasteiger partial charge on any atom is -0.491 e. The van der Waals surface area contributed by atoms with Crippen LogP contribution in [-0.2, 0) is 6.54 Å². The second-order valence-electron chi connectivity index (χ2n) is 5.34. The third kappa shape index (κ3) is 3.72. The number of hydrogen-bond donors (Lipinski definition) is 1. The van der Waals surface area contributed by atoms with E-state index in [-0.39, 0.29) is 6.10 Å². The molecule has 1 fully saturated rings. The van der Waals surface area contributed by atoms with E-state index in [2.05, 4.69) is 49.2 Å². The SMILES string of the molecule is CC(C)Oc1cccc(CN2CCNC[C@@H]2C)c1. The van der Waals surface area contributed by atoms with Crippen molar-refractivity contribution in [2.75, 3.05) is 19.6 Å². The standard InChI is InChI=1S/C15H24N2O/c1-12(2)18-15-6-4-5-14(9-15)11-17-8-7-16-10-13(17)3/h4-6,9,12-13,16H,7-8,10-11H2,1-3H3/t13-/m0/s1. The number of hydrogen-bond acceptors (Lipinski definition) is 3. The Morgan fingerprint density at radius 3 is 3.00 bits per heavy atom. The van der Waals surface area contributed by atoms with E-state index < -0.39 is 0 Å². The van der Waals surface area contributed by atoms with Crippen molar-refractivity contribution < 1.29 is 4.74 Å². The molecule has 1 heterocycles. The molecule has 1 aliphatic rings. The highest BCUT2D eigenvalue weighted by Gasteiger charge is 2.17. The van der Waals surface area contributed by atoms with Crippen molar-refractivity contribution in [3.63, 3.8) is 0 Å². The molecule has 0 saturated carbocycles. The van der Waals surface area contributed by atoms with Gasteiger partial charge in [-0.1, -0.05) is 12.1 Å². The normalized spacial score (nSPS) is 21.2. The molecule has 0 amide bonds. The summed E-state index contributed by atoms with van der Waals surface area (Å²) in [7, 11) is 0. The van der Waals surface area contributed by atoms with E-state index in [0.717, 1.165) is 31.9 Å². The lowest BCUT2D eigenvalue weighted by Gasteiger charge is -2.33. The van der Waals surface area contributed by atoms with Crippen molar-refractivity contribution in [2.24, 2.45) is 0 Å². The van der Waals surface area contributed by atoms with Crippen LogP contribution in [-0.4, -0.2) is 36.7 Å². The van der Waals surface area contributed by atoms with E-state index in [1.54, 1.807) is 0 Å². The highest BCUT2D eigenvalue weighted by atomic mass is 16.5. The summed E-state index contributed by atoms with van der Waals surface area (Å²) in [5.74, 6) is 0.977. The summed E-state index contributed by atoms with van der Waals surface area (Å²) in [6, 6.07) is 9.06. The maximum atomic E-state index is 5.74. The Morgan fingerprint density at radius 2 is 2.28 bits per heavy atom. The first-order valence-electron chi connectivity index (χ1n) is 6.85. The highest BCUT2D eigenvalue weighted by Crippen LogP contribution is 2.17. The molecule has 0 aromatic heterocycles. The van der Waals surface area contributed by atoms with Crippen LogP contribution in [0.4, 0.5) is 0 Å². The van der Waals surface area contributed by atoms with Gasteiger partial charge in [-0.2, -0.15) is 0 Å². The zero-order chi connectivity index (χ0) is 13.0. The van der Waals surface area contributed by atoms with Crippen LogP contribution in [0.5, 0.6) is 5.75 Å². The Bertz CT molecular complexity index is 379. The topological polar surface area (TPSA) is 24.5 Å². The van der Waals surface area contributed by atoms with Gasteiger partial charge in [0.15, 0.2) is 0 Å². The van der Waals surface area contributed by atoms with Crippen molar-refractivity contribution in [3.8, 4) is 5.75 Å². The van der Waals surface area contributed by atoms with Gasteiger partial charge in [-0.25, -0.2) is 0 Å². The quantitative estimate of drug-likeness (QED) is 0.884. The lowest BCUT2D eigenvalue weighted by Crippen LogP contribution is -2.49. The first-order chi connectivity index (χ1) is 8.65. The fourth-order valence-corrected chi connectivity index (χ4v) is 2.34. The van der Waals surface area contributed by atoms with Crippen LogP contribution in [0.15, 0.2) is 24.3 Å². The number of nitrogens with zero attached hydrogens (tertiary/aromatic N) is 1. The lowest BCUT2D eigenvalue weighted by atomic mass is 10.1. The summed E-state index contributed by atoms with van der Waals surface area (Å²) < 4.78 is 5.74. The van der Waals surface area contributed by atoms with Crippen molar-refractivity contribution in [2.45, 2.75) is 39.5 Å². The fraction of sp³-hybridized carbons (Fsp3) is 0.600. The van der Waals surface area contributed by atoms with Crippen molar-refractivity contribution in [1.82, 2.24) is 10.2 Å². The first kappa shape index (κ1) is 13.4. The Hall–Kier alpha value is -1.06.